The largest absolute Gasteiger partial charge is 0.380 e. The van der Waals surface area contributed by atoms with Crippen LogP contribution in [0.5, 0.6) is 0 Å². The molecule has 0 aliphatic rings. The average Bonchev–Trinajstić information content (AvgIpc) is 2.12. The summed E-state index contributed by atoms with van der Waals surface area (Å²) in [4.78, 5) is 11.0. The van der Waals surface area contributed by atoms with E-state index in [-0.39, 0.29) is 5.92 Å². The summed E-state index contributed by atoms with van der Waals surface area (Å²) in [5.41, 5.74) is 3.82. The van der Waals surface area contributed by atoms with Gasteiger partial charge in [-0.1, -0.05) is 39.5 Å². The van der Waals surface area contributed by atoms with Gasteiger partial charge >= 0.3 is 0 Å². The van der Waals surface area contributed by atoms with E-state index in [9.17, 15) is 9.90 Å². The van der Waals surface area contributed by atoms with Crippen LogP contribution in [-0.2, 0) is 4.79 Å². The van der Waals surface area contributed by atoms with Crippen molar-refractivity contribution in [3.8, 4) is 0 Å². The summed E-state index contributed by atoms with van der Waals surface area (Å²) >= 11 is 0. The molecule has 0 aliphatic carbocycles. The summed E-state index contributed by atoms with van der Waals surface area (Å²) in [6.07, 6.45) is 5.01. The first-order chi connectivity index (χ1) is 6.46. The molecule has 0 aromatic heterocycles. The second kappa shape index (κ2) is 6.02. The van der Waals surface area contributed by atoms with Gasteiger partial charge in [0, 0.05) is 0 Å². The van der Waals surface area contributed by atoms with Crippen LogP contribution in [0.25, 0.3) is 0 Å². The van der Waals surface area contributed by atoms with Crippen molar-refractivity contribution in [3.05, 3.63) is 0 Å². The Kier molecular flexibility index (Phi) is 5.77. The van der Waals surface area contributed by atoms with E-state index in [4.69, 9.17) is 5.73 Å². The Labute approximate surface area is 86.7 Å². The second-order valence-electron chi connectivity index (χ2n) is 4.11. The minimum atomic E-state index is -1.34. The standard InChI is InChI=1S/C11H23NO2/c1-4-6-7-8-9(5-2)11(3,14)10(12)13/h9,14H,4-8H2,1-3H3,(H2,12,13). The number of amides is 1. The van der Waals surface area contributed by atoms with Gasteiger partial charge < -0.3 is 10.8 Å². The normalized spacial score (nSPS) is 17.4. The molecule has 3 N–H and O–H groups in total. The van der Waals surface area contributed by atoms with Gasteiger partial charge in [-0.15, -0.1) is 0 Å². The van der Waals surface area contributed by atoms with E-state index in [1.165, 1.54) is 6.92 Å². The molecule has 2 unspecified atom stereocenters. The monoisotopic (exact) mass is 201 g/mol. The summed E-state index contributed by atoms with van der Waals surface area (Å²) < 4.78 is 0. The lowest BCUT2D eigenvalue weighted by Crippen LogP contribution is -2.47. The van der Waals surface area contributed by atoms with Crippen LogP contribution >= 0.6 is 0 Å². The second-order valence-corrected chi connectivity index (χ2v) is 4.11. The van der Waals surface area contributed by atoms with Gasteiger partial charge in [0.15, 0.2) is 0 Å². The Hall–Kier alpha value is -0.570. The quantitative estimate of drug-likeness (QED) is 0.617. The number of nitrogens with two attached hydrogens (primary N) is 1. The maximum atomic E-state index is 11.0. The molecule has 0 heterocycles. The number of carbonyl (C=O) groups excluding carboxylic acids is 1. The first-order valence-electron chi connectivity index (χ1n) is 5.49. The fourth-order valence-corrected chi connectivity index (χ4v) is 1.72. The summed E-state index contributed by atoms with van der Waals surface area (Å²) in [7, 11) is 0. The smallest absolute Gasteiger partial charge is 0.249 e. The molecule has 0 aliphatic heterocycles. The van der Waals surface area contributed by atoms with E-state index in [0.29, 0.717) is 0 Å². The van der Waals surface area contributed by atoms with Crippen molar-refractivity contribution < 1.29 is 9.90 Å². The van der Waals surface area contributed by atoms with E-state index < -0.39 is 11.5 Å². The van der Waals surface area contributed by atoms with E-state index >= 15 is 0 Å². The summed E-state index contributed by atoms with van der Waals surface area (Å²) in [6, 6.07) is 0. The summed E-state index contributed by atoms with van der Waals surface area (Å²) in [6.45, 7) is 5.64. The molecule has 14 heavy (non-hydrogen) atoms. The average molecular weight is 201 g/mol. The van der Waals surface area contributed by atoms with Crippen LogP contribution in [0.4, 0.5) is 0 Å². The molecule has 84 valence electrons. The molecule has 0 fully saturated rings. The molecule has 1 amide bonds. The van der Waals surface area contributed by atoms with Gasteiger partial charge in [-0.3, -0.25) is 4.79 Å². The zero-order chi connectivity index (χ0) is 11.2. The van der Waals surface area contributed by atoms with Gasteiger partial charge in [0.25, 0.3) is 0 Å². The molecule has 3 nitrogen and oxygen atoms in total. The Balaban J connectivity index is 4.18. The van der Waals surface area contributed by atoms with Crippen molar-refractivity contribution >= 4 is 5.91 Å². The molecular weight excluding hydrogens is 178 g/mol. The predicted molar refractivity (Wildman–Crippen MR) is 57.7 cm³/mol. The number of aliphatic hydroxyl groups is 1. The number of unbranched alkanes of at least 4 members (excludes halogenated alkanes) is 2. The molecule has 0 bridgehead atoms. The molecule has 0 rings (SSSR count). The first-order valence-corrected chi connectivity index (χ1v) is 5.49. The minimum Gasteiger partial charge on any atom is -0.380 e. The van der Waals surface area contributed by atoms with Crippen LogP contribution < -0.4 is 5.73 Å². The third kappa shape index (κ3) is 3.66. The van der Waals surface area contributed by atoms with Gasteiger partial charge in [0.05, 0.1) is 0 Å². The molecule has 0 saturated carbocycles. The van der Waals surface area contributed by atoms with Crippen LogP contribution in [0.1, 0.15) is 52.9 Å². The van der Waals surface area contributed by atoms with Crippen LogP contribution in [0.3, 0.4) is 0 Å². The van der Waals surface area contributed by atoms with Gasteiger partial charge in [0.1, 0.15) is 5.60 Å². The molecule has 0 aromatic rings. The van der Waals surface area contributed by atoms with Crippen LogP contribution in [0, 0.1) is 5.92 Å². The molecule has 0 spiro atoms. The van der Waals surface area contributed by atoms with Gasteiger partial charge in [-0.2, -0.15) is 0 Å². The van der Waals surface area contributed by atoms with Gasteiger partial charge in [0.2, 0.25) is 5.91 Å². The highest BCUT2D eigenvalue weighted by Gasteiger charge is 2.35. The van der Waals surface area contributed by atoms with Crippen molar-refractivity contribution in [1.29, 1.82) is 0 Å². The number of primary amides is 1. The number of hydrogen-bond donors (Lipinski definition) is 2. The minimum absolute atomic E-state index is 0.00782. The molecule has 0 saturated heterocycles. The molecule has 0 aromatic carbocycles. The highest BCUT2D eigenvalue weighted by Crippen LogP contribution is 2.25. The van der Waals surface area contributed by atoms with E-state index in [1.807, 2.05) is 6.92 Å². The molecule has 2 atom stereocenters. The number of rotatable bonds is 7. The van der Waals surface area contributed by atoms with E-state index in [1.54, 1.807) is 0 Å². The fourth-order valence-electron chi connectivity index (χ4n) is 1.72. The lowest BCUT2D eigenvalue weighted by molar-refractivity contribution is -0.140. The maximum absolute atomic E-state index is 11.0. The van der Waals surface area contributed by atoms with Crippen molar-refractivity contribution in [2.45, 2.75) is 58.5 Å². The zero-order valence-corrected chi connectivity index (χ0v) is 9.55. The summed E-state index contributed by atoms with van der Waals surface area (Å²) in [5, 5.41) is 9.88. The fraction of sp³-hybridized carbons (Fsp3) is 0.909. The Bertz CT molecular complexity index is 178. The highest BCUT2D eigenvalue weighted by atomic mass is 16.3. The maximum Gasteiger partial charge on any atom is 0.249 e. The Morgan fingerprint density at radius 1 is 1.43 bits per heavy atom. The van der Waals surface area contributed by atoms with Gasteiger partial charge in [-0.05, 0) is 19.3 Å². The molecule has 0 radical (unpaired) electrons. The van der Waals surface area contributed by atoms with Crippen molar-refractivity contribution in [2.75, 3.05) is 0 Å². The first kappa shape index (κ1) is 13.4. The van der Waals surface area contributed by atoms with Crippen LogP contribution in [0.2, 0.25) is 0 Å². The van der Waals surface area contributed by atoms with Crippen LogP contribution in [0.15, 0.2) is 0 Å². The number of carbonyl (C=O) groups is 1. The van der Waals surface area contributed by atoms with Crippen molar-refractivity contribution in [3.63, 3.8) is 0 Å². The van der Waals surface area contributed by atoms with Gasteiger partial charge in [-0.25, -0.2) is 0 Å². The van der Waals surface area contributed by atoms with Crippen molar-refractivity contribution in [1.82, 2.24) is 0 Å². The van der Waals surface area contributed by atoms with E-state index in [2.05, 4.69) is 6.92 Å². The third-order valence-corrected chi connectivity index (χ3v) is 2.94. The summed E-state index contributed by atoms with van der Waals surface area (Å²) in [5.74, 6) is -0.618. The predicted octanol–water partition coefficient (Wildman–Crippen LogP) is 1.83. The Morgan fingerprint density at radius 3 is 2.36 bits per heavy atom. The Morgan fingerprint density at radius 2 is 2.00 bits per heavy atom. The lowest BCUT2D eigenvalue weighted by atomic mass is 9.82. The molecule has 3 heteroatoms. The van der Waals surface area contributed by atoms with E-state index in [0.717, 1.165) is 32.1 Å². The third-order valence-electron chi connectivity index (χ3n) is 2.94. The topological polar surface area (TPSA) is 63.3 Å². The number of hydrogen-bond acceptors (Lipinski definition) is 2. The van der Waals surface area contributed by atoms with Crippen LogP contribution in [-0.4, -0.2) is 16.6 Å². The molecular formula is C11H23NO2. The van der Waals surface area contributed by atoms with Crippen molar-refractivity contribution in [2.24, 2.45) is 11.7 Å². The zero-order valence-electron chi connectivity index (χ0n) is 9.55. The lowest BCUT2D eigenvalue weighted by Gasteiger charge is -2.29. The highest BCUT2D eigenvalue weighted by molar-refractivity contribution is 5.83. The SMILES string of the molecule is CCCCCC(CC)C(C)(O)C(N)=O.